The summed E-state index contributed by atoms with van der Waals surface area (Å²) in [5.74, 6) is -0.413. The second-order valence-corrected chi connectivity index (χ2v) is 5.26. The number of furan rings is 1. The van der Waals surface area contributed by atoms with E-state index in [0.717, 1.165) is 0 Å². The molecule has 124 valence electrons. The number of hydrogen-bond acceptors (Lipinski definition) is 4. The monoisotopic (exact) mass is 335 g/mol. The number of nitrogens with zero attached hydrogens (tertiary/aromatic N) is 1. The topological polar surface area (TPSA) is 63.2 Å². The minimum absolute atomic E-state index is 0.151. The maximum Gasteiger partial charge on any atom is 0.339 e. The van der Waals surface area contributed by atoms with Crippen LogP contribution in [0.4, 0.5) is 4.39 Å². The second kappa shape index (κ2) is 7.02. The van der Waals surface area contributed by atoms with Crippen LogP contribution in [0.1, 0.15) is 22.8 Å². The van der Waals surface area contributed by atoms with Gasteiger partial charge >= 0.3 is 5.97 Å². The molecule has 0 unspecified atom stereocenters. The molecule has 1 aromatic heterocycles. The van der Waals surface area contributed by atoms with Crippen LogP contribution in [0, 0.1) is 17.1 Å². The van der Waals surface area contributed by atoms with Crippen molar-refractivity contribution in [3.8, 4) is 28.5 Å². The number of rotatable bonds is 4. The fraction of sp³-hybridized carbons (Fsp3) is 0.100. The molecule has 0 bridgehead atoms. The number of halogens is 1. The van der Waals surface area contributed by atoms with Crippen LogP contribution >= 0.6 is 0 Å². The van der Waals surface area contributed by atoms with Gasteiger partial charge in [-0.05, 0) is 48.9 Å². The van der Waals surface area contributed by atoms with Crippen LogP contribution in [-0.2, 0) is 4.74 Å². The lowest BCUT2D eigenvalue weighted by Crippen LogP contribution is -2.08. The average molecular weight is 335 g/mol. The Balaban J connectivity index is 2.26. The first-order valence-electron chi connectivity index (χ1n) is 7.69. The summed E-state index contributed by atoms with van der Waals surface area (Å²) in [4.78, 5) is 12.3. The number of ether oxygens (including phenoxy) is 1. The van der Waals surface area contributed by atoms with E-state index >= 15 is 0 Å². The number of nitriles is 1. The molecule has 0 aliphatic rings. The lowest BCUT2D eigenvalue weighted by Gasteiger charge is -2.12. The minimum atomic E-state index is -0.587. The summed E-state index contributed by atoms with van der Waals surface area (Å²) in [6.07, 6.45) is 1.52. The Kier molecular flexibility index (Phi) is 4.62. The summed E-state index contributed by atoms with van der Waals surface area (Å²) < 4.78 is 23.7. The predicted octanol–water partition coefficient (Wildman–Crippen LogP) is 4.80. The fourth-order valence-corrected chi connectivity index (χ4v) is 2.57. The van der Waals surface area contributed by atoms with Crippen LogP contribution < -0.4 is 0 Å². The van der Waals surface area contributed by atoms with Crippen LogP contribution in [-0.4, -0.2) is 12.6 Å². The van der Waals surface area contributed by atoms with Gasteiger partial charge in [0.2, 0.25) is 0 Å². The van der Waals surface area contributed by atoms with Crippen LogP contribution in [0.2, 0.25) is 0 Å². The summed E-state index contributed by atoms with van der Waals surface area (Å²) >= 11 is 0. The number of carbonyl (C=O) groups is 1. The summed E-state index contributed by atoms with van der Waals surface area (Å²) in [5, 5.41) is 9.60. The number of carbonyl (C=O) groups excluding carboxylic acids is 1. The highest BCUT2D eigenvalue weighted by molar-refractivity contribution is 5.97. The molecule has 5 heteroatoms. The third-order valence-electron chi connectivity index (χ3n) is 3.71. The van der Waals surface area contributed by atoms with Gasteiger partial charge in [0, 0.05) is 11.1 Å². The maximum absolute atomic E-state index is 13.2. The quantitative estimate of drug-likeness (QED) is 0.642. The van der Waals surface area contributed by atoms with Crippen molar-refractivity contribution in [2.45, 2.75) is 6.92 Å². The Labute approximate surface area is 144 Å². The Morgan fingerprint density at radius 3 is 2.56 bits per heavy atom. The van der Waals surface area contributed by atoms with Crippen LogP contribution in [0.5, 0.6) is 0 Å². The Bertz CT molecular complexity index is 938. The van der Waals surface area contributed by atoms with Gasteiger partial charge in [0.25, 0.3) is 0 Å². The van der Waals surface area contributed by atoms with Crippen molar-refractivity contribution in [1.29, 1.82) is 5.26 Å². The molecule has 0 spiro atoms. The smallest absolute Gasteiger partial charge is 0.339 e. The van der Waals surface area contributed by atoms with E-state index in [1.54, 1.807) is 43.3 Å². The molecule has 2 aromatic carbocycles. The highest BCUT2D eigenvalue weighted by atomic mass is 19.1. The van der Waals surface area contributed by atoms with Crippen molar-refractivity contribution in [1.82, 2.24) is 0 Å². The van der Waals surface area contributed by atoms with Crippen molar-refractivity contribution in [3.05, 3.63) is 71.7 Å². The molecule has 0 N–H and O–H groups in total. The summed E-state index contributed by atoms with van der Waals surface area (Å²) in [7, 11) is 0. The number of hydrogen-bond donors (Lipinski definition) is 0. The van der Waals surface area contributed by atoms with Gasteiger partial charge in [0.05, 0.1) is 24.0 Å². The highest BCUT2D eigenvalue weighted by Gasteiger charge is 2.20. The third kappa shape index (κ3) is 3.29. The lowest BCUT2D eigenvalue weighted by atomic mass is 9.92. The van der Waals surface area contributed by atoms with Crippen molar-refractivity contribution >= 4 is 5.97 Å². The largest absolute Gasteiger partial charge is 0.464 e. The Morgan fingerprint density at radius 2 is 1.96 bits per heavy atom. The highest BCUT2D eigenvalue weighted by Crippen LogP contribution is 2.33. The first kappa shape index (κ1) is 16.5. The zero-order chi connectivity index (χ0) is 17.8. The molecule has 3 rings (SSSR count). The molecule has 0 atom stereocenters. The van der Waals surface area contributed by atoms with Gasteiger partial charge in [0.1, 0.15) is 17.6 Å². The van der Waals surface area contributed by atoms with Gasteiger partial charge in [-0.2, -0.15) is 5.26 Å². The predicted molar refractivity (Wildman–Crippen MR) is 90.2 cm³/mol. The molecule has 0 saturated carbocycles. The molecule has 0 amide bonds. The second-order valence-electron chi connectivity index (χ2n) is 5.26. The molecule has 25 heavy (non-hydrogen) atoms. The molecule has 0 aliphatic heterocycles. The molecule has 1 heterocycles. The van der Waals surface area contributed by atoms with Crippen LogP contribution in [0.3, 0.4) is 0 Å². The fourth-order valence-electron chi connectivity index (χ4n) is 2.57. The maximum atomic E-state index is 13.2. The van der Waals surface area contributed by atoms with Gasteiger partial charge in [-0.3, -0.25) is 0 Å². The van der Waals surface area contributed by atoms with E-state index in [4.69, 9.17) is 9.15 Å². The number of benzene rings is 2. The molecular formula is C20H14FNO3. The SMILES string of the molecule is CCOC(=O)c1cc(-c2ccco2)cc(-c2ccc(F)cc2)c1C#N. The van der Waals surface area contributed by atoms with Gasteiger partial charge in [-0.15, -0.1) is 0 Å². The third-order valence-corrected chi connectivity index (χ3v) is 3.71. The van der Waals surface area contributed by atoms with E-state index in [9.17, 15) is 14.4 Å². The van der Waals surface area contributed by atoms with Crippen molar-refractivity contribution < 1.29 is 18.3 Å². The first-order valence-corrected chi connectivity index (χ1v) is 7.69. The Morgan fingerprint density at radius 1 is 1.20 bits per heavy atom. The molecule has 0 radical (unpaired) electrons. The van der Waals surface area contributed by atoms with E-state index in [1.165, 1.54) is 18.4 Å². The van der Waals surface area contributed by atoms with Crippen LogP contribution in [0.25, 0.3) is 22.5 Å². The molecule has 0 aliphatic carbocycles. The summed E-state index contributed by atoms with van der Waals surface area (Å²) in [6, 6.07) is 14.6. The normalized spacial score (nSPS) is 10.3. The zero-order valence-electron chi connectivity index (χ0n) is 13.5. The minimum Gasteiger partial charge on any atom is -0.464 e. The molecule has 4 nitrogen and oxygen atoms in total. The van der Waals surface area contributed by atoms with E-state index in [0.29, 0.717) is 22.5 Å². The first-order chi connectivity index (χ1) is 12.1. The Hall–Kier alpha value is -3.39. The molecule has 3 aromatic rings. The van der Waals surface area contributed by atoms with Crippen molar-refractivity contribution in [2.24, 2.45) is 0 Å². The lowest BCUT2D eigenvalue weighted by molar-refractivity contribution is 0.0526. The molecule has 0 fully saturated rings. The van der Waals surface area contributed by atoms with Gasteiger partial charge in [-0.1, -0.05) is 12.1 Å². The summed E-state index contributed by atoms with van der Waals surface area (Å²) in [6.45, 7) is 1.89. The number of esters is 1. The zero-order valence-corrected chi connectivity index (χ0v) is 13.5. The van der Waals surface area contributed by atoms with E-state index < -0.39 is 5.97 Å². The van der Waals surface area contributed by atoms with Gasteiger partial charge in [-0.25, -0.2) is 9.18 Å². The van der Waals surface area contributed by atoms with E-state index in [2.05, 4.69) is 6.07 Å². The van der Waals surface area contributed by atoms with Crippen molar-refractivity contribution in [2.75, 3.05) is 6.61 Å². The van der Waals surface area contributed by atoms with Crippen molar-refractivity contribution in [3.63, 3.8) is 0 Å². The van der Waals surface area contributed by atoms with E-state index in [1.807, 2.05) is 0 Å². The van der Waals surface area contributed by atoms with E-state index in [-0.39, 0.29) is 23.6 Å². The molecular weight excluding hydrogens is 321 g/mol. The van der Waals surface area contributed by atoms with Gasteiger partial charge in [0.15, 0.2) is 0 Å². The summed E-state index contributed by atoms with van der Waals surface area (Å²) in [5.41, 5.74) is 2.10. The van der Waals surface area contributed by atoms with Gasteiger partial charge < -0.3 is 9.15 Å². The molecule has 0 saturated heterocycles. The average Bonchev–Trinajstić information content (AvgIpc) is 3.16. The van der Waals surface area contributed by atoms with Crippen LogP contribution in [0.15, 0.2) is 59.2 Å². The standard InChI is InChI=1S/C20H14FNO3/c1-2-24-20(23)17-11-14(19-4-3-9-25-19)10-16(18(17)12-22)13-5-7-15(21)8-6-13/h3-11H,2H2,1H3.